The highest BCUT2D eigenvalue weighted by Gasteiger charge is 2.42. The van der Waals surface area contributed by atoms with Crippen molar-refractivity contribution in [3.63, 3.8) is 0 Å². The van der Waals surface area contributed by atoms with Crippen LogP contribution in [0.2, 0.25) is 0 Å². The van der Waals surface area contributed by atoms with Gasteiger partial charge in [0.1, 0.15) is 0 Å². The van der Waals surface area contributed by atoms with Gasteiger partial charge in [-0.15, -0.1) is 0 Å². The van der Waals surface area contributed by atoms with Crippen LogP contribution in [0.3, 0.4) is 0 Å². The van der Waals surface area contributed by atoms with Crippen LogP contribution in [0.4, 0.5) is 0 Å². The molecule has 2 atom stereocenters. The second-order valence-corrected chi connectivity index (χ2v) is 6.08. The number of hydrogen-bond donors (Lipinski definition) is 2. The van der Waals surface area contributed by atoms with Gasteiger partial charge in [0.05, 0.1) is 0 Å². The minimum atomic E-state index is 0.145. The fourth-order valence-electron chi connectivity index (χ4n) is 2.90. The predicted molar refractivity (Wildman–Crippen MR) is 71.1 cm³/mol. The van der Waals surface area contributed by atoms with E-state index in [0.717, 1.165) is 45.3 Å². The summed E-state index contributed by atoms with van der Waals surface area (Å²) < 4.78 is 5.13. The molecule has 0 heterocycles. The van der Waals surface area contributed by atoms with Gasteiger partial charge in [-0.1, -0.05) is 6.42 Å². The van der Waals surface area contributed by atoms with Crippen LogP contribution in [-0.2, 0) is 9.53 Å². The second kappa shape index (κ2) is 6.02. The summed E-state index contributed by atoms with van der Waals surface area (Å²) in [5.41, 5.74) is 6.26. The number of nitrogens with two attached hydrogens (primary N) is 1. The number of carbonyl (C=O) groups is 1. The minimum Gasteiger partial charge on any atom is -0.385 e. The molecule has 4 heteroatoms. The van der Waals surface area contributed by atoms with E-state index < -0.39 is 0 Å². The number of amides is 1. The fraction of sp³-hybridized carbons (Fsp3) is 0.929. The fourth-order valence-corrected chi connectivity index (χ4v) is 2.90. The first kappa shape index (κ1) is 13.8. The molecule has 2 unspecified atom stereocenters. The van der Waals surface area contributed by atoms with Crippen LogP contribution in [0.25, 0.3) is 0 Å². The topological polar surface area (TPSA) is 64.3 Å². The van der Waals surface area contributed by atoms with E-state index in [0.29, 0.717) is 5.41 Å². The first-order valence-electron chi connectivity index (χ1n) is 7.17. The summed E-state index contributed by atoms with van der Waals surface area (Å²) >= 11 is 0. The molecule has 2 saturated carbocycles. The normalized spacial score (nSPS) is 29.9. The van der Waals surface area contributed by atoms with Crippen molar-refractivity contribution < 1.29 is 9.53 Å². The molecule has 2 rings (SSSR count). The van der Waals surface area contributed by atoms with Gasteiger partial charge in [-0.25, -0.2) is 0 Å². The molecule has 3 N–H and O–H groups in total. The summed E-state index contributed by atoms with van der Waals surface area (Å²) in [5.74, 6) is 0.362. The lowest BCUT2D eigenvalue weighted by molar-refractivity contribution is -0.126. The molecule has 0 radical (unpaired) electrons. The Hall–Kier alpha value is -0.610. The van der Waals surface area contributed by atoms with E-state index >= 15 is 0 Å². The number of rotatable bonds is 6. The first-order valence-corrected chi connectivity index (χ1v) is 7.17. The van der Waals surface area contributed by atoms with Gasteiger partial charge in [-0.3, -0.25) is 4.79 Å². The zero-order valence-electron chi connectivity index (χ0n) is 11.4. The van der Waals surface area contributed by atoms with Crippen molar-refractivity contribution in [1.82, 2.24) is 5.32 Å². The maximum absolute atomic E-state index is 12.1. The Bertz CT molecular complexity index is 290. The van der Waals surface area contributed by atoms with Crippen LogP contribution < -0.4 is 11.1 Å². The van der Waals surface area contributed by atoms with Crippen LogP contribution in [0.15, 0.2) is 0 Å². The summed E-state index contributed by atoms with van der Waals surface area (Å²) in [6, 6.07) is 0.220. The van der Waals surface area contributed by atoms with Crippen molar-refractivity contribution in [1.29, 1.82) is 0 Å². The van der Waals surface area contributed by atoms with Gasteiger partial charge in [0, 0.05) is 32.2 Å². The van der Waals surface area contributed by atoms with Gasteiger partial charge >= 0.3 is 0 Å². The minimum absolute atomic E-state index is 0.145. The van der Waals surface area contributed by atoms with Crippen molar-refractivity contribution in [3.05, 3.63) is 0 Å². The van der Waals surface area contributed by atoms with E-state index in [1.807, 2.05) is 0 Å². The molecular formula is C14H26N2O2. The SMILES string of the molecule is COCCC1(CNC(=O)C2CCCC(N)C2)CC1. The second-order valence-electron chi connectivity index (χ2n) is 6.08. The Kier molecular flexibility index (Phi) is 4.62. The molecule has 2 aliphatic rings. The molecule has 0 saturated heterocycles. The lowest BCUT2D eigenvalue weighted by Gasteiger charge is -2.26. The van der Waals surface area contributed by atoms with E-state index in [1.165, 1.54) is 12.8 Å². The lowest BCUT2D eigenvalue weighted by atomic mass is 9.85. The standard InChI is InChI=1S/C14H26N2O2/c1-18-8-7-14(5-6-14)10-16-13(17)11-3-2-4-12(15)9-11/h11-12H,2-10,15H2,1H3,(H,16,17). The maximum Gasteiger partial charge on any atom is 0.223 e. The van der Waals surface area contributed by atoms with E-state index in [1.54, 1.807) is 7.11 Å². The van der Waals surface area contributed by atoms with E-state index in [-0.39, 0.29) is 17.9 Å². The van der Waals surface area contributed by atoms with Crippen LogP contribution in [0, 0.1) is 11.3 Å². The predicted octanol–water partition coefficient (Wildman–Crippen LogP) is 1.44. The maximum atomic E-state index is 12.1. The summed E-state index contributed by atoms with van der Waals surface area (Å²) in [7, 11) is 1.73. The van der Waals surface area contributed by atoms with Gasteiger partial charge in [-0.05, 0) is 43.9 Å². The highest BCUT2D eigenvalue weighted by Crippen LogP contribution is 2.48. The molecule has 0 aromatic carbocycles. The van der Waals surface area contributed by atoms with Crippen molar-refractivity contribution >= 4 is 5.91 Å². The molecular weight excluding hydrogens is 228 g/mol. The van der Waals surface area contributed by atoms with Crippen LogP contribution in [0.1, 0.15) is 44.9 Å². The molecule has 18 heavy (non-hydrogen) atoms. The smallest absolute Gasteiger partial charge is 0.223 e. The molecule has 0 bridgehead atoms. The summed E-state index contributed by atoms with van der Waals surface area (Å²) in [4.78, 5) is 12.1. The Morgan fingerprint density at radius 1 is 1.44 bits per heavy atom. The van der Waals surface area contributed by atoms with Gasteiger partial charge < -0.3 is 15.8 Å². The van der Waals surface area contributed by atoms with Gasteiger partial charge in [0.2, 0.25) is 5.91 Å². The third-order valence-corrected chi connectivity index (χ3v) is 4.52. The molecule has 104 valence electrons. The van der Waals surface area contributed by atoms with Crippen molar-refractivity contribution in [2.75, 3.05) is 20.3 Å². The van der Waals surface area contributed by atoms with Crippen molar-refractivity contribution in [3.8, 4) is 0 Å². The molecule has 1 amide bonds. The van der Waals surface area contributed by atoms with Crippen molar-refractivity contribution in [2.45, 2.75) is 51.0 Å². The third kappa shape index (κ3) is 3.69. The van der Waals surface area contributed by atoms with E-state index in [2.05, 4.69) is 5.32 Å². The Morgan fingerprint density at radius 3 is 2.83 bits per heavy atom. The first-order chi connectivity index (χ1) is 8.65. The molecule has 0 aromatic heterocycles. The monoisotopic (exact) mass is 254 g/mol. The molecule has 4 nitrogen and oxygen atoms in total. The van der Waals surface area contributed by atoms with Gasteiger partial charge in [-0.2, -0.15) is 0 Å². The number of nitrogens with one attached hydrogen (secondary N) is 1. The average Bonchev–Trinajstić information content (AvgIpc) is 3.14. The van der Waals surface area contributed by atoms with E-state index in [4.69, 9.17) is 10.5 Å². The molecule has 0 aliphatic heterocycles. The summed E-state index contributed by atoms with van der Waals surface area (Å²) in [5, 5.41) is 3.13. The van der Waals surface area contributed by atoms with Crippen LogP contribution in [0.5, 0.6) is 0 Å². The number of ether oxygens (including phenoxy) is 1. The Morgan fingerprint density at radius 2 is 2.22 bits per heavy atom. The quantitative estimate of drug-likeness (QED) is 0.754. The molecule has 0 spiro atoms. The Labute approximate surface area is 110 Å². The highest BCUT2D eigenvalue weighted by molar-refractivity contribution is 5.78. The van der Waals surface area contributed by atoms with Crippen LogP contribution >= 0.6 is 0 Å². The van der Waals surface area contributed by atoms with Crippen molar-refractivity contribution in [2.24, 2.45) is 17.1 Å². The zero-order chi connectivity index (χ0) is 13.0. The number of methoxy groups -OCH3 is 1. The third-order valence-electron chi connectivity index (χ3n) is 4.52. The number of hydrogen-bond acceptors (Lipinski definition) is 3. The molecule has 2 aliphatic carbocycles. The number of carbonyl (C=O) groups excluding carboxylic acids is 1. The molecule has 2 fully saturated rings. The van der Waals surface area contributed by atoms with Gasteiger partial charge in [0.15, 0.2) is 0 Å². The van der Waals surface area contributed by atoms with E-state index in [9.17, 15) is 4.79 Å². The lowest BCUT2D eigenvalue weighted by Crippen LogP contribution is -2.40. The zero-order valence-corrected chi connectivity index (χ0v) is 11.4. The summed E-state index contributed by atoms with van der Waals surface area (Å²) in [6.07, 6.45) is 7.53. The molecule has 0 aromatic rings. The van der Waals surface area contributed by atoms with Crippen LogP contribution in [-0.4, -0.2) is 32.2 Å². The Balaban J connectivity index is 1.71. The average molecular weight is 254 g/mol. The van der Waals surface area contributed by atoms with Gasteiger partial charge in [0.25, 0.3) is 0 Å². The largest absolute Gasteiger partial charge is 0.385 e. The summed E-state index contributed by atoms with van der Waals surface area (Å²) in [6.45, 7) is 1.62. The highest BCUT2D eigenvalue weighted by atomic mass is 16.5.